The molecule has 0 aliphatic rings. The van der Waals surface area contributed by atoms with Gasteiger partial charge in [-0.2, -0.15) is 0 Å². The first kappa shape index (κ1) is 21.7. The lowest BCUT2D eigenvalue weighted by Crippen LogP contribution is -2.19. The van der Waals surface area contributed by atoms with Crippen LogP contribution in [0.2, 0.25) is 0 Å². The predicted octanol–water partition coefficient (Wildman–Crippen LogP) is 1.70. The summed E-state index contributed by atoms with van der Waals surface area (Å²) in [6.07, 6.45) is 2.33. The van der Waals surface area contributed by atoms with E-state index in [1.807, 2.05) is 0 Å². The molecule has 0 aliphatic heterocycles. The van der Waals surface area contributed by atoms with Gasteiger partial charge in [0.1, 0.15) is 12.1 Å². The van der Waals surface area contributed by atoms with E-state index >= 15 is 0 Å². The van der Waals surface area contributed by atoms with Crippen molar-refractivity contribution in [2.24, 2.45) is 0 Å². The van der Waals surface area contributed by atoms with Gasteiger partial charge in [-0.15, -0.1) is 0 Å². The summed E-state index contributed by atoms with van der Waals surface area (Å²) in [4.78, 5) is 8.21. The molecule has 0 fully saturated rings. The highest BCUT2D eigenvalue weighted by molar-refractivity contribution is 7.91. The summed E-state index contributed by atoms with van der Waals surface area (Å²) >= 11 is 0. The van der Waals surface area contributed by atoms with Crippen LogP contribution in [0.4, 0.5) is 11.5 Å². The van der Waals surface area contributed by atoms with Crippen molar-refractivity contribution >= 4 is 42.3 Å². The number of hydrogen-bond donors (Lipinski definition) is 2. The van der Waals surface area contributed by atoms with Crippen LogP contribution in [0.15, 0.2) is 46.5 Å². The lowest BCUT2D eigenvalue weighted by atomic mass is 10.2. The average molecular weight is 453 g/mol. The van der Waals surface area contributed by atoms with Crippen molar-refractivity contribution in [1.82, 2.24) is 14.7 Å². The van der Waals surface area contributed by atoms with Gasteiger partial charge in [-0.1, -0.05) is 0 Å². The van der Waals surface area contributed by atoms with Gasteiger partial charge in [-0.05, 0) is 31.3 Å². The van der Waals surface area contributed by atoms with E-state index < -0.39 is 19.9 Å². The lowest BCUT2D eigenvalue weighted by Gasteiger charge is -2.15. The average Bonchev–Trinajstić information content (AvgIpc) is 2.72. The van der Waals surface area contributed by atoms with Crippen molar-refractivity contribution in [1.29, 1.82) is 0 Å². The van der Waals surface area contributed by atoms with Crippen molar-refractivity contribution in [3.05, 3.63) is 36.7 Å². The molecular formula is C18H20N4O6S2. The van der Waals surface area contributed by atoms with Gasteiger partial charge >= 0.3 is 0 Å². The quantitative estimate of drug-likeness (QED) is 0.549. The Morgan fingerprint density at radius 2 is 1.60 bits per heavy atom. The first-order valence-electron chi connectivity index (χ1n) is 8.52. The van der Waals surface area contributed by atoms with Crippen molar-refractivity contribution in [2.45, 2.75) is 9.79 Å². The number of aromatic nitrogens is 2. The van der Waals surface area contributed by atoms with E-state index in [4.69, 9.17) is 9.47 Å². The zero-order valence-electron chi connectivity index (χ0n) is 16.6. The molecule has 2 N–H and O–H groups in total. The number of sulfonamides is 1. The molecule has 1 heterocycles. The Hall–Kier alpha value is -2.96. The number of methoxy groups -OCH3 is 2. The van der Waals surface area contributed by atoms with Crippen LogP contribution in [0.5, 0.6) is 11.5 Å². The topological polar surface area (TPSA) is 137 Å². The van der Waals surface area contributed by atoms with Gasteiger partial charge in [0.15, 0.2) is 21.3 Å². The minimum absolute atomic E-state index is 0.0589. The summed E-state index contributed by atoms with van der Waals surface area (Å²) in [5, 5.41) is 3.45. The second kappa shape index (κ2) is 8.05. The SMILES string of the molecule is CNS(=O)(=O)c1ccc(S(C)(=O)=O)c(Nc2ncnc3cc(OC)c(OC)cc23)c1. The Morgan fingerprint density at radius 3 is 2.20 bits per heavy atom. The molecule has 0 unspecified atom stereocenters. The third kappa shape index (κ3) is 4.15. The number of sulfone groups is 1. The van der Waals surface area contributed by atoms with Crippen molar-refractivity contribution in [3.8, 4) is 11.5 Å². The minimum atomic E-state index is -3.79. The van der Waals surface area contributed by atoms with Gasteiger partial charge in [-0.25, -0.2) is 31.5 Å². The lowest BCUT2D eigenvalue weighted by molar-refractivity contribution is 0.356. The molecule has 0 saturated carbocycles. The number of ether oxygens (including phenoxy) is 2. The van der Waals surface area contributed by atoms with Gasteiger partial charge in [0.05, 0.1) is 35.2 Å². The summed E-state index contributed by atoms with van der Waals surface area (Å²) in [5.74, 6) is 1.16. The van der Waals surface area contributed by atoms with E-state index in [2.05, 4.69) is 20.0 Å². The van der Waals surface area contributed by atoms with Crippen LogP contribution in [0, 0.1) is 0 Å². The third-order valence-electron chi connectivity index (χ3n) is 4.32. The fourth-order valence-corrected chi connectivity index (χ4v) is 4.41. The number of hydrogen-bond acceptors (Lipinski definition) is 9. The second-order valence-corrected chi connectivity index (χ2v) is 10.1. The van der Waals surface area contributed by atoms with Crippen LogP contribution in [-0.2, 0) is 19.9 Å². The fourth-order valence-electron chi connectivity index (χ4n) is 2.83. The standard InChI is InChI=1S/C18H20N4O6S2/c1-19-30(25,26)11-5-6-17(29(4,23)24)14(7-11)22-18-12-8-15(27-2)16(28-3)9-13(12)20-10-21-18/h5-10,19H,1-4H3,(H,20,21,22). The van der Waals surface area contributed by atoms with E-state index in [9.17, 15) is 16.8 Å². The summed E-state index contributed by atoms with van der Waals surface area (Å²) in [6.45, 7) is 0. The van der Waals surface area contributed by atoms with Crippen molar-refractivity contribution in [3.63, 3.8) is 0 Å². The molecule has 2 aromatic carbocycles. The van der Waals surface area contributed by atoms with E-state index in [0.717, 1.165) is 6.26 Å². The first-order valence-corrected chi connectivity index (χ1v) is 11.9. The zero-order valence-corrected chi connectivity index (χ0v) is 18.3. The molecule has 0 atom stereocenters. The number of benzene rings is 2. The monoisotopic (exact) mass is 452 g/mol. The van der Waals surface area contributed by atoms with E-state index in [0.29, 0.717) is 22.4 Å². The number of rotatable bonds is 7. The minimum Gasteiger partial charge on any atom is -0.493 e. The van der Waals surface area contributed by atoms with Crippen LogP contribution in [0.3, 0.4) is 0 Å². The molecule has 1 aromatic heterocycles. The Bertz CT molecular complexity index is 1320. The maximum Gasteiger partial charge on any atom is 0.240 e. The number of anilines is 2. The fraction of sp³-hybridized carbons (Fsp3) is 0.222. The molecule has 10 nitrogen and oxygen atoms in total. The summed E-state index contributed by atoms with van der Waals surface area (Å²) in [7, 11) is -3.21. The number of nitrogens with zero attached hydrogens (tertiary/aromatic N) is 2. The summed E-state index contributed by atoms with van der Waals surface area (Å²) in [5.41, 5.74) is 0.577. The molecule has 160 valence electrons. The van der Waals surface area contributed by atoms with E-state index in [-0.39, 0.29) is 21.3 Å². The van der Waals surface area contributed by atoms with Gasteiger partial charge < -0.3 is 14.8 Å². The van der Waals surface area contributed by atoms with Crippen LogP contribution in [-0.4, -0.2) is 54.3 Å². The normalized spacial score (nSPS) is 12.0. The summed E-state index contributed by atoms with van der Waals surface area (Å²) < 4.78 is 61.7. The van der Waals surface area contributed by atoms with Crippen LogP contribution in [0.25, 0.3) is 10.9 Å². The van der Waals surface area contributed by atoms with Crippen molar-refractivity contribution in [2.75, 3.05) is 32.8 Å². The molecular weight excluding hydrogens is 432 g/mol. The van der Waals surface area contributed by atoms with Crippen molar-refractivity contribution < 1.29 is 26.3 Å². The van der Waals surface area contributed by atoms with Crippen LogP contribution < -0.4 is 19.5 Å². The maximum atomic E-state index is 12.2. The Balaban J connectivity index is 2.22. The highest BCUT2D eigenvalue weighted by Gasteiger charge is 2.20. The largest absolute Gasteiger partial charge is 0.493 e. The molecule has 30 heavy (non-hydrogen) atoms. The highest BCUT2D eigenvalue weighted by atomic mass is 32.2. The molecule has 0 aliphatic carbocycles. The maximum absolute atomic E-state index is 12.2. The summed E-state index contributed by atoms with van der Waals surface area (Å²) in [6, 6.07) is 6.98. The Morgan fingerprint density at radius 1 is 0.933 bits per heavy atom. The molecule has 3 aromatic rings. The smallest absolute Gasteiger partial charge is 0.240 e. The highest BCUT2D eigenvalue weighted by Crippen LogP contribution is 2.35. The third-order valence-corrected chi connectivity index (χ3v) is 6.89. The Kier molecular flexibility index (Phi) is 5.83. The second-order valence-electron chi connectivity index (χ2n) is 6.21. The zero-order chi connectivity index (χ0) is 22.1. The van der Waals surface area contributed by atoms with Gasteiger partial charge in [0.2, 0.25) is 10.0 Å². The molecule has 0 radical (unpaired) electrons. The Labute approximate surface area is 174 Å². The number of fused-ring (bicyclic) bond motifs is 1. The van der Waals surface area contributed by atoms with E-state index in [1.165, 1.54) is 45.8 Å². The number of nitrogens with one attached hydrogen (secondary N) is 2. The van der Waals surface area contributed by atoms with Gasteiger partial charge in [-0.3, -0.25) is 0 Å². The molecule has 0 bridgehead atoms. The van der Waals surface area contributed by atoms with Gasteiger partial charge in [0, 0.05) is 17.7 Å². The van der Waals surface area contributed by atoms with Crippen LogP contribution >= 0.6 is 0 Å². The molecule has 0 amide bonds. The molecule has 12 heteroatoms. The van der Waals surface area contributed by atoms with Crippen LogP contribution in [0.1, 0.15) is 0 Å². The molecule has 3 rings (SSSR count). The van der Waals surface area contributed by atoms with E-state index in [1.54, 1.807) is 12.1 Å². The predicted molar refractivity (Wildman–Crippen MR) is 112 cm³/mol. The first-order chi connectivity index (χ1) is 14.1. The molecule has 0 spiro atoms. The van der Waals surface area contributed by atoms with Gasteiger partial charge in [0.25, 0.3) is 0 Å². The molecule has 0 saturated heterocycles.